The SMILES string of the molecule is CCN(C)C=Nc1cc(C)c(-c2ccc(OC(C)(C)C)cc2)cc1C. The Morgan fingerprint density at radius 2 is 1.68 bits per heavy atom. The van der Waals surface area contributed by atoms with Gasteiger partial charge in [0.25, 0.3) is 0 Å². The summed E-state index contributed by atoms with van der Waals surface area (Å²) in [5.41, 5.74) is 5.68. The third kappa shape index (κ3) is 5.35. The van der Waals surface area contributed by atoms with Gasteiger partial charge in [-0.1, -0.05) is 12.1 Å². The lowest BCUT2D eigenvalue weighted by Gasteiger charge is -2.21. The third-order valence-corrected chi connectivity index (χ3v) is 4.03. The summed E-state index contributed by atoms with van der Waals surface area (Å²) < 4.78 is 5.91. The highest BCUT2D eigenvalue weighted by Gasteiger charge is 2.12. The molecule has 0 aromatic heterocycles. The molecule has 25 heavy (non-hydrogen) atoms. The van der Waals surface area contributed by atoms with Crippen molar-refractivity contribution in [1.82, 2.24) is 4.90 Å². The zero-order chi connectivity index (χ0) is 18.6. The molecule has 0 saturated carbocycles. The molecule has 0 radical (unpaired) electrons. The molecule has 0 spiro atoms. The monoisotopic (exact) mass is 338 g/mol. The van der Waals surface area contributed by atoms with Gasteiger partial charge < -0.3 is 9.64 Å². The summed E-state index contributed by atoms with van der Waals surface area (Å²) in [7, 11) is 2.03. The van der Waals surface area contributed by atoms with Crippen LogP contribution in [0.5, 0.6) is 5.75 Å². The van der Waals surface area contributed by atoms with Crippen LogP contribution >= 0.6 is 0 Å². The van der Waals surface area contributed by atoms with Gasteiger partial charge in [-0.3, -0.25) is 0 Å². The van der Waals surface area contributed by atoms with Crippen molar-refractivity contribution in [3.8, 4) is 16.9 Å². The molecule has 0 unspecified atom stereocenters. The van der Waals surface area contributed by atoms with Crippen molar-refractivity contribution in [1.29, 1.82) is 0 Å². The summed E-state index contributed by atoms with van der Waals surface area (Å²) in [6.07, 6.45) is 1.89. The summed E-state index contributed by atoms with van der Waals surface area (Å²) in [5, 5.41) is 0. The maximum Gasteiger partial charge on any atom is 0.120 e. The molecule has 0 heterocycles. The molecule has 0 bridgehead atoms. The Morgan fingerprint density at radius 1 is 1.04 bits per heavy atom. The van der Waals surface area contributed by atoms with Gasteiger partial charge in [-0.2, -0.15) is 0 Å². The Labute approximate surface area is 152 Å². The number of ether oxygens (including phenoxy) is 1. The molecular formula is C22H30N2O. The predicted octanol–water partition coefficient (Wildman–Crippen LogP) is 5.76. The molecule has 0 atom stereocenters. The van der Waals surface area contributed by atoms with Crippen molar-refractivity contribution in [2.45, 2.75) is 47.1 Å². The average molecular weight is 338 g/mol. The van der Waals surface area contributed by atoms with Crippen LogP contribution in [0.1, 0.15) is 38.8 Å². The van der Waals surface area contributed by atoms with Gasteiger partial charge in [0.1, 0.15) is 11.4 Å². The van der Waals surface area contributed by atoms with Crippen molar-refractivity contribution in [2.75, 3.05) is 13.6 Å². The molecule has 0 N–H and O–H groups in total. The molecule has 0 aliphatic carbocycles. The highest BCUT2D eigenvalue weighted by atomic mass is 16.5. The van der Waals surface area contributed by atoms with Crippen LogP contribution in [0, 0.1) is 13.8 Å². The first-order valence-corrected chi connectivity index (χ1v) is 8.84. The fraction of sp³-hybridized carbons (Fsp3) is 0.409. The fourth-order valence-electron chi connectivity index (χ4n) is 2.55. The first kappa shape index (κ1) is 19.0. The Kier molecular flexibility index (Phi) is 5.89. The second-order valence-corrected chi connectivity index (χ2v) is 7.51. The summed E-state index contributed by atoms with van der Waals surface area (Å²) in [6.45, 7) is 13.5. The lowest BCUT2D eigenvalue weighted by molar-refractivity contribution is 0.131. The molecule has 3 heteroatoms. The minimum absolute atomic E-state index is 0.181. The van der Waals surface area contributed by atoms with Gasteiger partial charge in [0, 0.05) is 13.6 Å². The first-order chi connectivity index (χ1) is 11.7. The largest absolute Gasteiger partial charge is 0.488 e. The molecule has 134 valence electrons. The second-order valence-electron chi connectivity index (χ2n) is 7.51. The van der Waals surface area contributed by atoms with E-state index in [0.29, 0.717) is 0 Å². The minimum Gasteiger partial charge on any atom is -0.488 e. The lowest BCUT2D eigenvalue weighted by Crippen LogP contribution is -2.22. The van der Waals surface area contributed by atoms with Crippen LogP contribution < -0.4 is 4.74 Å². The van der Waals surface area contributed by atoms with Crippen molar-refractivity contribution in [3.63, 3.8) is 0 Å². The molecule has 0 aliphatic rings. The summed E-state index contributed by atoms with van der Waals surface area (Å²) in [6, 6.07) is 12.7. The van der Waals surface area contributed by atoms with Gasteiger partial charge in [0.05, 0.1) is 12.0 Å². The van der Waals surface area contributed by atoms with Gasteiger partial charge in [-0.15, -0.1) is 0 Å². The second kappa shape index (κ2) is 7.73. The Bertz CT molecular complexity index is 740. The van der Waals surface area contributed by atoms with Gasteiger partial charge in [-0.05, 0) is 88.1 Å². The van der Waals surface area contributed by atoms with Crippen LogP contribution in [0.4, 0.5) is 5.69 Å². The number of rotatable bonds is 5. The number of hydrogen-bond donors (Lipinski definition) is 0. The summed E-state index contributed by atoms with van der Waals surface area (Å²) in [5.74, 6) is 0.898. The highest BCUT2D eigenvalue weighted by molar-refractivity contribution is 5.73. The van der Waals surface area contributed by atoms with Crippen molar-refractivity contribution in [3.05, 3.63) is 47.5 Å². The van der Waals surface area contributed by atoms with E-state index >= 15 is 0 Å². The van der Waals surface area contributed by atoms with Crippen molar-refractivity contribution in [2.24, 2.45) is 4.99 Å². The van der Waals surface area contributed by atoms with E-state index in [2.05, 4.69) is 75.7 Å². The van der Waals surface area contributed by atoms with E-state index < -0.39 is 0 Å². The van der Waals surface area contributed by atoms with Crippen LogP contribution in [0.2, 0.25) is 0 Å². The average Bonchev–Trinajstić information content (AvgIpc) is 2.54. The number of benzene rings is 2. The molecule has 2 aromatic rings. The normalized spacial score (nSPS) is 11.8. The first-order valence-electron chi connectivity index (χ1n) is 8.84. The molecule has 2 rings (SSSR count). The summed E-state index contributed by atoms with van der Waals surface area (Å²) in [4.78, 5) is 6.67. The molecule has 3 nitrogen and oxygen atoms in total. The van der Waals surface area contributed by atoms with Crippen LogP contribution in [0.3, 0.4) is 0 Å². The van der Waals surface area contributed by atoms with Crippen LogP contribution in [0.25, 0.3) is 11.1 Å². The number of hydrogen-bond acceptors (Lipinski definition) is 2. The van der Waals surface area contributed by atoms with E-state index in [1.165, 1.54) is 22.3 Å². The number of aryl methyl sites for hydroxylation is 2. The maximum absolute atomic E-state index is 5.91. The molecule has 0 saturated heterocycles. The standard InChI is InChI=1S/C22H30N2O/c1-8-24(7)15-23-21-14-16(2)20(13-17(21)3)18-9-11-19(12-10-18)25-22(4,5)6/h9-15H,8H2,1-7H3. The topological polar surface area (TPSA) is 24.8 Å². The Balaban J connectivity index is 2.28. The third-order valence-electron chi connectivity index (χ3n) is 4.03. The lowest BCUT2D eigenvalue weighted by atomic mass is 9.97. The van der Waals surface area contributed by atoms with Crippen LogP contribution in [-0.2, 0) is 0 Å². The van der Waals surface area contributed by atoms with E-state index in [4.69, 9.17) is 4.74 Å². The maximum atomic E-state index is 5.91. The number of aliphatic imine (C=N–C) groups is 1. The molecular weight excluding hydrogens is 308 g/mol. The molecule has 0 fully saturated rings. The van der Waals surface area contributed by atoms with E-state index in [1.54, 1.807) is 0 Å². The number of nitrogens with zero attached hydrogens (tertiary/aromatic N) is 2. The quantitative estimate of drug-likeness (QED) is 0.511. The van der Waals surface area contributed by atoms with E-state index in [1.807, 2.05) is 25.5 Å². The van der Waals surface area contributed by atoms with E-state index in [-0.39, 0.29) is 5.60 Å². The molecule has 0 amide bonds. The zero-order valence-corrected chi connectivity index (χ0v) is 16.6. The smallest absolute Gasteiger partial charge is 0.120 e. The molecule has 0 aliphatic heterocycles. The van der Waals surface area contributed by atoms with Gasteiger partial charge in [0.2, 0.25) is 0 Å². The van der Waals surface area contributed by atoms with Crippen molar-refractivity contribution >= 4 is 12.0 Å². The Hall–Kier alpha value is -2.29. The van der Waals surface area contributed by atoms with Crippen LogP contribution in [0.15, 0.2) is 41.4 Å². The summed E-state index contributed by atoms with van der Waals surface area (Å²) >= 11 is 0. The Morgan fingerprint density at radius 3 is 2.24 bits per heavy atom. The van der Waals surface area contributed by atoms with Crippen LogP contribution in [-0.4, -0.2) is 30.4 Å². The van der Waals surface area contributed by atoms with E-state index in [0.717, 1.165) is 18.0 Å². The van der Waals surface area contributed by atoms with Crippen molar-refractivity contribution < 1.29 is 4.74 Å². The minimum atomic E-state index is -0.181. The fourth-order valence-corrected chi connectivity index (χ4v) is 2.55. The highest BCUT2D eigenvalue weighted by Crippen LogP contribution is 2.31. The van der Waals surface area contributed by atoms with E-state index in [9.17, 15) is 0 Å². The van der Waals surface area contributed by atoms with Gasteiger partial charge in [0.15, 0.2) is 0 Å². The predicted molar refractivity (Wildman–Crippen MR) is 108 cm³/mol. The van der Waals surface area contributed by atoms with Gasteiger partial charge >= 0.3 is 0 Å². The zero-order valence-electron chi connectivity index (χ0n) is 16.6. The molecule has 2 aromatic carbocycles. The van der Waals surface area contributed by atoms with Gasteiger partial charge in [-0.25, -0.2) is 4.99 Å².